The van der Waals surface area contributed by atoms with E-state index in [1.807, 2.05) is 18.2 Å². The molecule has 2 amide bonds. The molecular weight excluding hydrogens is 304 g/mol. The van der Waals surface area contributed by atoms with Crippen LogP contribution < -0.4 is 5.32 Å². The van der Waals surface area contributed by atoms with Gasteiger partial charge in [0.1, 0.15) is 6.61 Å². The Morgan fingerprint density at radius 1 is 1.33 bits per heavy atom. The summed E-state index contributed by atoms with van der Waals surface area (Å²) in [5.74, 6) is 0.739. The number of para-hydroxylation sites is 1. The van der Waals surface area contributed by atoms with Crippen LogP contribution in [0.3, 0.4) is 0 Å². The van der Waals surface area contributed by atoms with Gasteiger partial charge in [-0.2, -0.15) is 0 Å². The van der Waals surface area contributed by atoms with E-state index < -0.39 is 6.09 Å². The lowest BCUT2D eigenvalue weighted by Gasteiger charge is -2.21. The van der Waals surface area contributed by atoms with Gasteiger partial charge in [0.25, 0.3) is 0 Å². The van der Waals surface area contributed by atoms with Crippen LogP contribution in [0.2, 0.25) is 0 Å². The molecule has 3 aliphatic rings. The lowest BCUT2D eigenvalue weighted by atomic mass is 9.79. The number of carbonyl (C=O) groups is 2. The number of rotatable bonds is 4. The van der Waals surface area contributed by atoms with Crippen molar-refractivity contribution in [1.29, 1.82) is 0 Å². The predicted octanol–water partition coefficient (Wildman–Crippen LogP) is 3.17. The fourth-order valence-corrected chi connectivity index (χ4v) is 4.19. The van der Waals surface area contributed by atoms with Crippen LogP contribution in [0.15, 0.2) is 54.3 Å². The number of hydrogen-bond acceptors (Lipinski definition) is 3. The van der Waals surface area contributed by atoms with Crippen molar-refractivity contribution in [2.75, 3.05) is 18.5 Å². The molecule has 1 aromatic rings. The van der Waals surface area contributed by atoms with Gasteiger partial charge >= 0.3 is 6.09 Å². The second kappa shape index (κ2) is 5.82. The highest BCUT2D eigenvalue weighted by Gasteiger charge is 2.53. The minimum atomic E-state index is -0.513. The Kier molecular flexibility index (Phi) is 3.63. The van der Waals surface area contributed by atoms with Crippen LogP contribution in [0, 0.1) is 17.8 Å². The van der Waals surface area contributed by atoms with Crippen molar-refractivity contribution in [2.24, 2.45) is 17.8 Å². The van der Waals surface area contributed by atoms with Gasteiger partial charge in [-0.05, 0) is 30.9 Å². The van der Waals surface area contributed by atoms with E-state index in [0.717, 1.165) is 18.5 Å². The van der Waals surface area contributed by atoms with Crippen LogP contribution in [-0.2, 0) is 9.53 Å². The van der Waals surface area contributed by atoms with E-state index in [-0.39, 0.29) is 24.3 Å². The summed E-state index contributed by atoms with van der Waals surface area (Å²) >= 11 is 0. The fraction of sp³-hybridized carbons (Fsp3) is 0.368. The molecule has 124 valence electrons. The van der Waals surface area contributed by atoms with Gasteiger partial charge in [0.2, 0.25) is 5.91 Å². The van der Waals surface area contributed by atoms with E-state index in [2.05, 4.69) is 18.0 Å². The van der Waals surface area contributed by atoms with Gasteiger partial charge in [-0.25, -0.2) is 4.79 Å². The first-order valence-corrected chi connectivity index (χ1v) is 8.35. The molecule has 3 atom stereocenters. The molecule has 2 aliphatic carbocycles. The van der Waals surface area contributed by atoms with Crippen molar-refractivity contribution < 1.29 is 14.3 Å². The number of fused-ring (bicyclic) bond motifs is 4. The van der Waals surface area contributed by atoms with Gasteiger partial charge < -0.3 is 9.64 Å². The highest BCUT2D eigenvalue weighted by atomic mass is 16.5. The van der Waals surface area contributed by atoms with Gasteiger partial charge in [0.15, 0.2) is 0 Å². The van der Waals surface area contributed by atoms with Gasteiger partial charge in [0, 0.05) is 17.3 Å². The number of amides is 2. The SMILES string of the molecule is C=C1C2C3=CC(CC3)C2C(=O)N1CCOC(=O)Nc1ccccc1. The standard InChI is InChI=1S/C19H20N2O3/c1-12-16-13-7-8-14(11-13)17(16)18(22)21(12)9-10-24-19(23)20-15-5-3-2-4-6-15/h2-6,11,14,16-17H,1,7-10H2,(H,20,23). The van der Waals surface area contributed by atoms with Crippen LogP contribution in [-0.4, -0.2) is 30.1 Å². The number of anilines is 1. The second-order valence-corrected chi connectivity index (χ2v) is 6.56. The van der Waals surface area contributed by atoms with E-state index >= 15 is 0 Å². The molecule has 1 saturated heterocycles. The monoisotopic (exact) mass is 324 g/mol. The summed E-state index contributed by atoms with van der Waals surface area (Å²) in [5, 5.41) is 2.66. The zero-order valence-electron chi connectivity index (χ0n) is 13.4. The lowest BCUT2D eigenvalue weighted by Crippen LogP contribution is -2.32. The Balaban J connectivity index is 1.30. The molecule has 0 saturated carbocycles. The van der Waals surface area contributed by atoms with Crippen molar-refractivity contribution in [1.82, 2.24) is 4.90 Å². The van der Waals surface area contributed by atoms with E-state index in [1.165, 1.54) is 5.57 Å². The number of likely N-dealkylation sites (tertiary alicyclic amines) is 1. The molecule has 24 heavy (non-hydrogen) atoms. The maximum absolute atomic E-state index is 12.6. The molecule has 5 heteroatoms. The van der Waals surface area contributed by atoms with E-state index in [9.17, 15) is 9.59 Å². The topological polar surface area (TPSA) is 58.6 Å². The molecule has 3 unspecified atom stereocenters. The Labute approximate surface area is 141 Å². The summed E-state index contributed by atoms with van der Waals surface area (Å²) in [5.41, 5.74) is 2.92. The molecule has 1 N–H and O–H groups in total. The van der Waals surface area contributed by atoms with Gasteiger partial charge in [-0.1, -0.05) is 36.4 Å². The summed E-state index contributed by atoms with van der Waals surface area (Å²) in [6, 6.07) is 9.13. The quantitative estimate of drug-likeness (QED) is 0.866. The highest BCUT2D eigenvalue weighted by molar-refractivity contribution is 5.87. The van der Waals surface area contributed by atoms with Crippen LogP contribution in [0.5, 0.6) is 0 Å². The minimum Gasteiger partial charge on any atom is -0.447 e. The molecule has 4 rings (SSSR count). The largest absolute Gasteiger partial charge is 0.447 e. The summed E-state index contributed by atoms with van der Waals surface area (Å²) in [6.07, 6.45) is 3.92. The maximum Gasteiger partial charge on any atom is 0.411 e. The van der Waals surface area contributed by atoms with Gasteiger partial charge in [-0.15, -0.1) is 0 Å². The van der Waals surface area contributed by atoms with E-state index in [1.54, 1.807) is 17.0 Å². The smallest absolute Gasteiger partial charge is 0.411 e. The van der Waals surface area contributed by atoms with Gasteiger partial charge in [-0.3, -0.25) is 10.1 Å². The molecule has 1 fully saturated rings. The molecule has 2 bridgehead atoms. The average molecular weight is 324 g/mol. The number of hydrogen-bond donors (Lipinski definition) is 1. The minimum absolute atomic E-state index is 0.0411. The first-order chi connectivity index (χ1) is 11.6. The van der Waals surface area contributed by atoms with E-state index in [4.69, 9.17) is 4.74 Å². The lowest BCUT2D eigenvalue weighted by molar-refractivity contribution is -0.131. The van der Waals surface area contributed by atoms with Crippen molar-refractivity contribution in [3.8, 4) is 0 Å². The summed E-state index contributed by atoms with van der Waals surface area (Å²) in [4.78, 5) is 26.1. The Morgan fingerprint density at radius 3 is 2.88 bits per heavy atom. The summed E-state index contributed by atoms with van der Waals surface area (Å²) in [7, 11) is 0. The molecule has 1 aliphatic heterocycles. The van der Waals surface area contributed by atoms with E-state index in [0.29, 0.717) is 18.2 Å². The first kappa shape index (κ1) is 15.0. The number of nitrogens with zero attached hydrogens (tertiary/aromatic N) is 1. The van der Waals surface area contributed by atoms with Crippen LogP contribution in [0.4, 0.5) is 10.5 Å². The third-order valence-electron chi connectivity index (χ3n) is 5.24. The Morgan fingerprint density at radius 2 is 2.12 bits per heavy atom. The molecule has 5 nitrogen and oxygen atoms in total. The average Bonchev–Trinajstić information content (AvgIpc) is 3.25. The van der Waals surface area contributed by atoms with Crippen LogP contribution in [0.25, 0.3) is 0 Å². The summed E-state index contributed by atoms with van der Waals surface area (Å²) in [6.45, 7) is 4.65. The zero-order chi connectivity index (χ0) is 16.7. The van der Waals surface area contributed by atoms with Crippen LogP contribution in [0.1, 0.15) is 12.8 Å². The van der Waals surface area contributed by atoms with Crippen molar-refractivity contribution in [3.05, 3.63) is 54.3 Å². The number of carbonyl (C=O) groups excluding carboxylic acids is 2. The van der Waals surface area contributed by atoms with Crippen LogP contribution >= 0.6 is 0 Å². The number of benzene rings is 1. The zero-order valence-corrected chi connectivity index (χ0v) is 13.4. The number of nitrogens with one attached hydrogen (secondary N) is 1. The molecule has 0 spiro atoms. The highest BCUT2D eigenvalue weighted by Crippen LogP contribution is 2.54. The molecule has 1 heterocycles. The summed E-state index contributed by atoms with van der Waals surface area (Å²) < 4.78 is 5.20. The first-order valence-electron chi connectivity index (χ1n) is 8.35. The maximum atomic E-state index is 12.6. The third kappa shape index (κ3) is 2.40. The normalized spacial score (nSPS) is 27.2. The van der Waals surface area contributed by atoms with Gasteiger partial charge in [0.05, 0.1) is 12.5 Å². The van der Waals surface area contributed by atoms with Crippen molar-refractivity contribution >= 4 is 17.7 Å². The van der Waals surface area contributed by atoms with Crippen molar-refractivity contribution in [3.63, 3.8) is 0 Å². The molecule has 0 aromatic heterocycles. The third-order valence-corrected chi connectivity index (χ3v) is 5.24. The predicted molar refractivity (Wildman–Crippen MR) is 90.1 cm³/mol. The second-order valence-electron chi connectivity index (χ2n) is 6.56. The Bertz CT molecular complexity index is 725. The number of ether oxygens (including phenoxy) is 1. The fourth-order valence-electron chi connectivity index (χ4n) is 4.19. The molecular formula is C19H20N2O3. The van der Waals surface area contributed by atoms with Crippen molar-refractivity contribution in [2.45, 2.75) is 12.8 Å². The number of allylic oxidation sites excluding steroid dienone is 2. The molecule has 0 radical (unpaired) electrons. The molecule has 1 aromatic carbocycles. The Hall–Kier alpha value is -2.56.